The summed E-state index contributed by atoms with van der Waals surface area (Å²) in [5.74, 6) is 1.71. The van der Waals surface area contributed by atoms with E-state index < -0.39 is 6.10 Å². The van der Waals surface area contributed by atoms with Gasteiger partial charge in [-0.1, -0.05) is 30.3 Å². The van der Waals surface area contributed by atoms with Crippen molar-refractivity contribution in [3.8, 4) is 11.5 Å². The minimum absolute atomic E-state index is 0.480. The highest BCUT2D eigenvalue weighted by Crippen LogP contribution is 2.34. The highest BCUT2D eigenvalue weighted by atomic mass is 16.5. The molecular formula is C18H20O3. The molecule has 2 aromatic rings. The number of rotatable bonds is 5. The first-order valence-electron chi connectivity index (χ1n) is 7.36. The van der Waals surface area contributed by atoms with Gasteiger partial charge in [-0.15, -0.1) is 0 Å². The van der Waals surface area contributed by atoms with Crippen LogP contribution in [0.15, 0.2) is 42.5 Å². The van der Waals surface area contributed by atoms with Gasteiger partial charge in [-0.25, -0.2) is 0 Å². The Morgan fingerprint density at radius 2 is 2.10 bits per heavy atom. The maximum Gasteiger partial charge on any atom is 0.128 e. The van der Waals surface area contributed by atoms with Gasteiger partial charge >= 0.3 is 0 Å². The second kappa shape index (κ2) is 6.19. The first-order valence-corrected chi connectivity index (χ1v) is 7.36. The second-order valence-electron chi connectivity index (χ2n) is 5.40. The van der Waals surface area contributed by atoms with Crippen LogP contribution in [0.1, 0.15) is 29.2 Å². The van der Waals surface area contributed by atoms with Crippen LogP contribution in [0.2, 0.25) is 0 Å². The minimum Gasteiger partial charge on any atom is -0.493 e. The Morgan fingerprint density at radius 1 is 1.24 bits per heavy atom. The van der Waals surface area contributed by atoms with Gasteiger partial charge in [-0.2, -0.15) is 0 Å². The quantitative estimate of drug-likeness (QED) is 0.914. The van der Waals surface area contributed by atoms with E-state index >= 15 is 0 Å². The molecule has 21 heavy (non-hydrogen) atoms. The van der Waals surface area contributed by atoms with Gasteiger partial charge in [0.05, 0.1) is 19.3 Å². The monoisotopic (exact) mass is 284 g/mol. The predicted octanol–water partition coefficient (Wildman–Crippen LogP) is 3.43. The van der Waals surface area contributed by atoms with E-state index in [1.54, 1.807) is 0 Å². The number of aliphatic hydroxyl groups excluding tert-OH is 1. The number of aryl methyl sites for hydroxylation is 1. The summed E-state index contributed by atoms with van der Waals surface area (Å²) < 4.78 is 11.3. The Bertz CT molecular complexity index is 622. The molecule has 1 N–H and O–H groups in total. The van der Waals surface area contributed by atoms with Crippen molar-refractivity contribution in [1.29, 1.82) is 0 Å². The van der Waals surface area contributed by atoms with E-state index in [0.717, 1.165) is 23.5 Å². The van der Waals surface area contributed by atoms with Crippen molar-refractivity contribution in [2.45, 2.75) is 25.9 Å². The number of hydrogen-bond donors (Lipinski definition) is 1. The number of fused-ring (bicyclic) bond motifs is 1. The van der Waals surface area contributed by atoms with Gasteiger partial charge in [0.15, 0.2) is 0 Å². The molecule has 3 rings (SSSR count). The van der Waals surface area contributed by atoms with Gasteiger partial charge in [0.25, 0.3) is 0 Å². The fourth-order valence-corrected chi connectivity index (χ4v) is 2.65. The summed E-state index contributed by atoms with van der Waals surface area (Å²) in [5.41, 5.74) is 3.23. The summed E-state index contributed by atoms with van der Waals surface area (Å²) in [6.07, 6.45) is 0.923. The topological polar surface area (TPSA) is 38.7 Å². The van der Waals surface area contributed by atoms with Crippen molar-refractivity contribution in [3.63, 3.8) is 0 Å². The molecule has 1 aliphatic rings. The smallest absolute Gasteiger partial charge is 0.128 e. The molecule has 1 atom stereocenters. The molecule has 3 heteroatoms. The summed E-state index contributed by atoms with van der Waals surface area (Å²) in [6, 6.07) is 13.9. The van der Waals surface area contributed by atoms with E-state index in [1.807, 2.05) is 43.3 Å². The van der Waals surface area contributed by atoms with Gasteiger partial charge in [0.1, 0.15) is 11.5 Å². The fourth-order valence-electron chi connectivity index (χ4n) is 2.65. The van der Waals surface area contributed by atoms with Gasteiger partial charge in [-0.05, 0) is 30.2 Å². The Kier molecular flexibility index (Phi) is 4.11. The van der Waals surface area contributed by atoms with Gasteiger partial charge < -0.3 is 14.6 Å². The third-order valence-electron chi connectivity index (χ3n) is 3.75. The van der Waals surface area contributed by atoms with Crippen LogP contribution in [0.4, 0.5) is 0 Å². The zero-order chi connectivity index (χ0) is 14.7. The number of benzene rings is 2. The average Bonchev–Trinajstić information content (AvgIpc) is 2.95. The molecule has 0 saturated carbocycles. The van der Waals surface area contributed by atoms with Crippen LogP contribution in [0.5, 0.6) is 11.5 Å². The molecule has 0 amide bonds. The number of para-hydroxylation sites is 1. The van der Waals surface area contributed by atoms with Crippen LogP contribution in [0, 0.1) is 6.92 Å². The summed E-state index contributed by atoms with van der Waals surface area (Å²) in [5, 5.41) is 10.4. The zero-order valence-electron chi connectivity index (χ0n) is 12.2. The highest BCUT2D eigenvalue weighted by Gasteiger charge is 2.20. The third-order valence-corrected chi connectivity index (χ3v) is 3.75. The first-order chi connectivity index (χ1) is 10.2. The Morgan fingerprint density at radius 3 is 2.95 bits per heavy atom. The van der Waals surface area contributed by atoms with Crippen molar-refractivity contribution < 1.29 is 14.6 Å². The minimum atomic E-state index is -0.553. The van der Waals surface area contributed by atoms with Gasteiger partial charge in [0.2, 0.25) is 0 Å². The molecule has 0 fully saturated rings. The maximum absolute atomic E-state index is 10.4. The maximum atomic E-state index is 10.4. The molecule has 0 radical (unpaired) electrons. The normalized spacial score (nSPS) is 14.4. The molecular weight excluding hydrogens is 264 g/mol. The lowest BCUT2D eigenvalue weighted by Crippen LogP contribution is -2.06. The molecule has 3 nitrogen and oxygen atoms in total. The molecule has 0 aromatic heterocycles. The lowest BCUT2D eigenvalue weighted by molar-refractivity contribution is 0.137. The standard InChI is InChI=1S/C18H20O3/c1-13-4-2-6-15(12-13)20-11-9-17(19)16-7-3-5-14-8-10-21-18(14)16/h2-7,12,17,19H,8-11H2,1H3. The van der Waals surface area contributed by atoms with Crippen molar-refractivity contribution in [1.82, 2.24) is 0 Å². The molecule has 110 valence electrons. The number of ether oxygens (including phenoxy) is 2. The van der Waals surface area contributed by atoms with Crippen LogP contribution >= 0.6 is 0 Å². The Balaban J connectivity index is 1.60. The molecule has 2 aromatic carbocycles. The number of aliphatic hydroxyl groups is 1. The molecule has 0 spiro atoms. The first kappa shape index (κ1) is 14.0. The molecule has 1 aliphatic heterocycles. The van der Waals surface area contributed by atoms with E-state index in [4.69, 9.17) is 9.47 Å². The molecule has 0 aliphatic carbocycles. The molecule has 1 heterocycles. The summed E-state index contributed by atoms with van der Waals surface area (Å²) in [4.78, 5) is 0. The number of hydrogen-bond acceptors (Lipinski definition) is 3. The van der Waals surface area contributed by atoms with Crippen molar-refractivity contribution >= 4 is 0 Å². The lowest BCUT2D eigenvalue weighted by atomic mass is 10.0. The van der Waals surface area contributed by atoms with E-state index in [1.165, 1.54) is 11.1 Å². The second-order valence-corrected chi connectivity index (χ2v) is 5.40. The average molecular weight is 284 g/mol. The predicted molar refractivity (Wildman–Crippen MR) is 81.9 cm³/mol. The largest absolute Gasteiger partial charge is 0.493 e. The summed E-state index contributed by atoms with van der Waals surface area (Å²) in [6.45, 7) is 3.22. The lowest BCUT2D eigenvalue weighted by Gasteiger charge is -2.15. The highest BCUT2D eigenvalue weighted by molar-refractivity contribution is 5.45. The third kappa shape index (κ3) is 3.19. The van der Waals surface area contributed by atoms with Gasteiger partial charge in [0, 0.05) is 18.4 Å². The van der Waals surface area contributed by atoms with Crippen LogP contribution in [0.25, 0.3) is 0 Å². The van der Waals surface area contributed by atoms with E-state index in [2.05, 4.69) is 6.07 Å². The van der Waals surface area contributed by atoms with E-state index in [0.29, 0.717) is 19.6 Å². The van der Waals surface area contributed by atoms with E-state index in [-0.39, 0.29) is 0 Å². The van der Waals surface area contributed by atoms with Crippen molar-refractivity contribution in [2.24, 2.45) is 0 Å². The Hall–Kier alpha value is -2.00. The van der Waals surface area contributed by atoms with Crippen molar-refractivity contribution in [2.75, 3.05) is 13.2 Å². The van der Waals surface area contributed by atoms with Crippen molar-refractivity contribution in [3.05, 3.63) is 59.2 Å². The zero-order valence-corrected chi connectivity index (χ0v) is 12.2. The van der Waals surface area contributed by atoms with Crippen LogP contribution in [-0.2, 0) is 6.42 Å². The summed E-state index contributed by atoms with van der Waals surface area (Å²) >= 11 is 0. The van der Waals surface area contributed by atoms with E-state index in [9.17, 15) is 5.11 Å². The fraction of sp³-hybridized carbons (Fsp3) is 0.333. The molecule has 0 saturated heterocycles. The van der Waals surface area contributed by atoms with Crippen LogP contribution < -0.4 is 9.47 Å². The van der Waals surface area contributed by atoms with Crippen LogP contribution in [-0.4, -0.2) is 18.3 Å². The molecule has 1 unspecified atom stereocenters. The summed E-state index contributed by atoms with van der Waals surface area (Å²) in [7, 11) is 0. The van der Waals surface area contributed by atoms with Crippen LogP contribution in [0.3, 0.4) is 0 Å². The molecule has 0 bridgehead atoms. The van der Waals surface area contributed by atoms with Gasteiger partial charge in [-0.3, -0.25) is 0 Å². The Labute approximate surface area is 125 Å². The SMILES string of the molecule is Cc1cccc(OCCC(O)c2cccc3c2OCC3)c1.